The first-order valence-corrected chi connectivity index (χ1v) is 5.42. The number of hydrogen-bond donors (Lipinski definition) is 1. The van der Waals surface area contributed by atoms with E-state index in [1.807, 2.05) is 41.5 Å². The summed E-state index contributed by atoms with van der Waals surface area (Å²) in [5.41, 5.74) is -0.205. The first-order valence-electron chi connectivity index (χ1n) is 4.50. The van der Waals surface area contributed by atoms with E-state index in [0.29, 0.717) is 0 Å². The predicted molar refractivity (Wildman–Crippen MR) is 60.1 cm³/mol. The van der Waals surface area contributed by atoms with Crippen LogP contribution in [0.25, 0.3) is 0 Å². The lowest BCUT2D eigenvalue weighted by atomic mass is 9.91. The van der Waals surface area contributed by atoms with Crippen LogP contribution in [-0.2, 0) is 4.79 Å². The summed E-state index contributed by atoms with van der Waals surface area (Å²) in [5.74, 6) is 0.0556. The molecule has 1 N–H and O–H groups in total. The van der Waals surface area contributed by atoms with Gasteiger partial charge in [-0.3, -0.25) is 4.79 Å². The molecule has 0 aliphatic carbocycles. The molecule has 2 nitrogen and oxygen atoms in total. The van der Waals surface area contributed by atoms with Gasteiger partial charge in [-0.15, -0.1) is 0 Å². The molecule has 0 aliphatic heterocycles. The van der Waals surface area contributed by atoms with E-state index >= 15 is 0 Å². The maximum Gasteiger partial charge on any atom is 0.234 e. The molecule has 0 radical (unpaired) electrons. The molecule has 0 aromatic rings. The number of carbonyl (C=O) groups excluding carboxylic acids is 1. The van der Waals surface area contributed by atoms with E-state index in [9.17, 15) is 4.79 Å². The van der Waals surface area contributed by atoms with Crippen LogP contribution in [0.4, 0.5) is 0 Å². The summed E-state index contributed by atoms with van der Waals surface area (Å²) in [4.78, 5) is 11.5. The van der Waals surface area contributed by atoms with Gasteiger partial charge in [0, 0.05) is 5.54 Å². The Hall–Kier alpha value is -0.0500. The lowest BCUT2D eigenvalue weighted by molar-refractivity contribution is -0.123. The summed E-state index contributed by atoms with van der Waals surface area (Å²) in [5, 5.41) is 2.94. The summed E-state index contributed by atoms with van der Waals surface area (Å²) in [6, 6.07) is 0. The van der Waals surface area contributed by atoms with Gasteiger partial charge in [0.25, 0.3) is 0 Å². The van der Waals surface area contributed by atoms with Crippen molar-refractivity contribution in [2.45, 2.75) is 51.9 Å². The van der Waals surface area contributed by atoms with Crippen LogP contribution in [0.1, 0.15) is 41.5 Å². The zero-order valence-corrected chi connectivity index (χ0v) is 10.9. The molecule has 0 fully saturated rings. The van der Waals surface area contributed by atoms with Crippen LogP contribution in [0.2, 0.25) is 0 Å². The minimum atomic E-state index is -0.158. The third-order valence-corrected chi connectivity index (χ3v) is 3.28. The molecule has 1 atom stereocenters. The SMILES string of the molecule is CC(C)(C)NC(=O)[C@@H](Br)C(C)(C)C. The highest BCUT2D eigenvalue weighted by Crippen LogP contribution is 2.26. The first-order chi connectivity index (χ1) is 5.54. The van der Waals surface area contributed by atoms with Gasteiger partial charge in [0.1, 0.15) is 0 Å². The quantitative estimate of drug-likeness (QED) is 0.712. The van der Waals surface area contributed by atoms with E-state index in [4.69, 9.17) is 0 Å². The Balaban J connectivity index is 4.30. The maximum atomic E-state index is 11.6. The largest absolute Gasteiger partial charge is 0.351 e. The van der Waals surface area contributed by atoms with Crippen LogP contribution in [0.3, 0.4) is 0 Å². The van der Waals surface area contributed by atoms with Crippen molar-refractivity contribution in [3.63, 3.8) is 0 Å². The van der Waals surface area contributed by atoms with Crippen LogP contribution in [-0.4, -0.2) is 16.3 Å². The summed E-state index contributed by atoms with van der Waals surface area (Å²) in [6.07, 6.45) is 0. The molecule has 0 bridgehead atoms. The van der Waals surface area contributed by atoms with Gasteiger partial charge < -0.3 is 5.32 Å². The van der Waals surface area contributed by atoms with Crippen molar-refractivity contribution in [1.29, 1.82) is 0 Å². The van der Waals surface area contributed by atoms with Gasteiger partial charge in [0.05, 0.1) is 4.83 Å². The van der Waals surface area contributed by atoms with E-state index in [0.717, 1.165) is 0 Å². The molecule has 13 heavy (non-hydrogen) atoms. The molecule has 0 rings (SSSR count). The Labute approximate surface area is 89.6 Å². The zero-order chi connectivity index (χ0) is 10.9. The fourth-order valence-corrected chi connectivity index (χ4v) is 0.941. The fourth-order valence-electron chi connectivity index (χ4n) is 0.826. The molecular weight excluding hydrogens is 230 g/mol. The van der Waals surface area contributed by atoms with Crippen molar-refractivity contribution in [3.05, 3.63) is 0 Å². The second kappa shape index (κ2) is 3.99. The van der Waals surface area contributed by atoms with Crippen LogP contribution in [0, 0.1) is 5.41 Å². The average molecular weight is 250 g/mol. The summed E-state index contributed by atoms with van der Waals surface area (Å²) >= 11 is 3.40. The smallest absolute Gasteiger partial charge is 0.234 e. The monoisotopic (exact) mass is 249 g/mol. The minimum absolute atomic E-state index is 0.0463. The normalized spacial score (nSPS) is 15.3. The summed E-state index contributed by atoms with van der Waals surface area (Å²) < 4.78 is 0. The van der Waals surface area contributed by atoms with Gasteiger partial charge in [-0.2, -0.15) is 0 Å². The van der Waals surface area contributed by atoms with E-state index in [1.54, 1.807) is 0 Å². The molecule has 0 saturated carbocycles. The number of rotatable bonds is 1. The highest BCUT2D eigenvalue weighted by Gasteiger charge is 2.30. The lowest BCUT2D eigenvalue weighted by Crippen LogP contribution is -2.47. The Morgan fingerprint density at radius 3 is 1.77 bits per heavy atom. The molecule has 0 heterocycles. The van der Waals surface area contributed by atoms with Crippen molar-refractivity contribution in [3.8, 4) is 0 Å². The molecule has 0 aliphatic rings. The van der Waals surface area contributed by atoms with Gasteiger partial charge in [0.2, 0.25) is 5.91 Å². The molecule has 1 amide bonds. The van der Waals surface area contributed by atoms with Crippen molar-refractivity contribution in [2.24, 2.45) is 5.41 Å². The number of alkyl halides is 1. The molecular formula is C10H20BrNO. The van der Waals surface area contributed by atoms with Crippen LogP contribution in [0.5, 0.6) is 0 Å². The van der Waals surface area contributed by atoms with E-state index in [-0.39, 0.29) is 21.7 Å². The van der Waals surface area contributed by atoms with Gasteiger partial charge in [-0.25, -0.2) is 0 Å². The van der Waals surface area contributed by atoms with E-state index < -0.39 is 0 Å². The molecule has 0 aromatic carbocycles. The topological polar surface area (TPSA) is 29.1 Å². The second-order valence-electron chi connectivity index (χ2n) is 5.47. The molecule has 78 valence electrons. The Kier molecular flexibility index (Phi) is 3.97. The Morgan fingerprint density at radius 2 is 1.54 bits per heavy atom. The van der Waals surface area contributed by atoms with Crippen LogP contribution < -0.4 is 5.32 Å². The highest BCUT2D eigenvalue weighted by atomic mass is 79.9. The van der Waals surface area contributed by atoms with Crippen molar-refractivity contribution >= 4 is 21.8 Å². The number of hydrogen-bond acceptors (Lipinski definition) is 1. The van der Waals surface area contributed by atoms with E-state index in [1.165, 1.54) is 0 Å². The molecule has 3 heteroatoms. The maximum absolute atomic E-state index is 11.6. The summed E-state index contributed by atoms with van der Waals surface area (Å²) in [6.45, 7) is 12.0. The third-order valence-electron chi connectivity index (χ3n) is 1.49. The van der Waals surface area contributed by atoms with Gasteiger partial charge in [0.15, 0.2) is 0 Å². The predicted octanol–water partition coefficient (Wildman–Crippen LogP) is 2.71. The molecule has 0 spiro atoms. The Bertz CT molecular complexity index is 188. The number of amides is 1. The average Bonchev–Trinajstić information content (AvgIpc) is 1.79. The fraction of sp³-hybridized carbons (Fsp3) is 0.900. The van der Waals surface area contributed by atoms with Gasteiger partial charge in [-0.1, -0.05) is 36.7 Å². The van der Waals surface area contributed by atoms with Gasteiger partial charge in [-0.05, 0) is 26.2 Å². The molecule has 0 saturated heterocycles. The van der Waals surface area contributed by atoms with Crippen molar-refractivity contribution in [1.82, 2.24) is 5.32 Å². The molecule has 0 aromatic heterocycles. The van der Waals surface area contributed by atoms with Crippen molar-refractivity contribution < 1.29 is 4.79 Å². The standard InChI is InChI=1S/C10H20BrNO/c1-9(2,3)7(11)8(13)12-10(4,5)6/h7H,1-6H3,(H,12,13)/t7-/m1/s1. The third kappa shape index (κ3) is 5.29. The highest BCUT2D eigenvalue weighted by molar-refractivity contribution is 9.10. The van der Waals surface area contributed by atoms with Crippen LogP contribution >= 0.6 is 15.9 Å². The first kappa shape index (κ1) is 12.9. The minimum Gasteiger partial charge on any atom is -0.351 e. The Morgan fingerprint density at radius 1 is 1.15 bits per heavy atom. The van der Waals surface area contributed by atoms with Crippen LogP contribution in [0.15, 0.2) is 0 Å². The number of nitrogens with one attached hydrogen (secondary N) is 1. The lowest BCUT2D eigenvalue weighted by Gasteiger charge is -2.28. The van der Waals surface area contributed by atoms with Gasteiger partial charge >= 0.3 is 0 Å². The zero-order valence-electron chi connectivity index (χ0n) is 9.36. The molecule has 0 unspecified atom stereocenters. The van der Waals surface area contributed by atoms with Crippen molar-refractivity contribution in [2.75, 3.05) is 0 Å². The number of halogens is 1. The second-order valence-corrected chi connectivity index (χ2v) is 6.38. The number of carbonyl (C=O) groups is 1. The van der Waals surface area contributed by atoms with E-state index in [2.05, 4.69) is 21.2 Å². The summed E-state index contributed by atoms with van der Waals surface area (Å²) in [7, 11) is 0.